The van der Waals surface area contributed by atoms with E-state index >= 15 is 0 Å². The number of amides is 4. The molecule has 3 fully saturated rings. The van der Waals surface area contributed by atoms with Crippen molar-refractivity contribution in [2.75, 3.05) is 34.2 Å². The van der Waals surface area contributed by atoms with Crippen LogP contribution >= 0.6 is 11.6 Å². The molecule has 1 aromatic heterocycles. The number of benzene rings is 2. The lowest BCUT2D eigenvalue weighted by Crippen LogP contribution is -2.55. The van der Waals surface area contributed by atoms with Gasteiger partial charge in [0.05, 0.1) is 11.5 Å². The van der Waals surface area contributed by atoms with Crippen LogP contribution in [0, 0.1) is 23.2 Å². The van der Waals surface area contributed by atoms with Gasteiger partial charge in [-0.25, -0.2) is 17.8 Å². The number of ketones is 1. The zero-order chi connectivity index (χ0) is 53.6. The number of nitrogens with one attached hydrogen (secondary N) is 1. The predicted octanol–water partition coefficient (Wildman–Crippen LogP) is 10.00. The summed E-state index contributed by atoms with van der Waals surface area (Å²) >= 11 is 6.54. The van der Waals surface area contributed by atoms with Gasteiger partial charge in [0.15, 0.2) is 5.78 Å². The minimum atomic E-state index is -4.87. The van der Waals surface area contributed by atoms with Crippen LogP contribution < -0.4 is 5.32 Å². The number of fused-ring (bicyclic) bond motifs is 1. The van der Waals surface area contributed by atoms with Crippen molar-refractivity contribution < 1.29 is 54.9 Å². The van der Waals surface area contributed by atoms with Crippen LogP contribution in [0.5, 0.6) is 0 Å². The number of hydrogen-bond donors (Lipinski definition) is 1. The summed E-state index contributed by atoms with van der Waals surface area (Å²) in [7, 11) is 4.92. The molecule has 402 valence electrons. The summed E-state index contributed by atoms with van der Waals surface area (Å²) in [5.74, 6) is -5.41. The van der Waals surface area contributed by atoms with Crippen molar-refractivity contribution in [1.29, 1.82) is 0 Å². The molecule has 0 radical (unpaired) electrons. The number of nitrogens with zero attached hydrogens (tertiary/aromatic N) is 6. The second-order valence-corrected chi connectivity index (χ2v) is 21.7. The Hall–Kier alpha value is -5.20. The number of halogens is 7. The van der Waals surface area contributed by atoms with Crippen LogP contribution in [0.3, 0.4) is 0 Å². The standard InChI is InChI=1S/C53H70ClF6N7O6/c1-32(2)24-33(3)48(70)66(7)45(27-37-25-38(54)18-19-40(37)36-17-20-41-42(26-36)63-73-62-41)49(71)64(5)22-12-10-8-9-11-14-43(34(4)68)65(6)50(72)46(35-15-16-35)61-47(69)44-28-39(55)29-67(44)23-13-21-51(53(58,59)60)30-52(56,57)31-51/h13,17-20,23,25-26,32-33,35,39,43-46H,8-12,14-16,21-22,24,27-31H2,1-7H3,(H,61,69)/b23-13+/t33-,39+,43-,44-,45-,46-/m0/s1. The Morgan fingerprint density at radius 1 is 0.890 bits per heavy atom. The first-order chi connectivity index (χ1) is 34.3. The van der Waals surface area contributed by atoms with Gasteiger partial charge >= 0.3 is 6.18 Å². The topological polar surface area (TPSA) is 149 Å². The highest BCUT2D eigenvalue weighted by molar-refractivity contribution is 6.30. The normalized spacial score (nSPS) is 20.1. The molecule has 0 bridgehead atoms. The van der Waals surface area contributed by atoms with Crippen molar-refractivity contribution >= 4 is 52.0 Å². The van der Waals surface area contributed by atoms with Gasteiger partial charge in [-0.15, -0.1) is 0 Å². The number of unbranched alkanes of at least 4 members (excludes halogenated alkanes) is 4. The Kier molecular flexibility index (Phi) is 18.8. The molecule has 20 heteroatoms. The Bertz CT molecular complexity index is 2460. The Morgan fingerprint density at radius 2 is 1.55 bits per heavy atom. The zero-order valence-electron chi connectivity index (χ0n) is 42.8. The first-order valence-corrected chi connectivity index (χ1v) is 25.8. The van der Waals surface area contributed by atoms with Gasteiger partial charge in [-0.05, 0) is 115 Å². The smallest absolute Gasteiger partial charge is 0.363 e. The Morgan fingerprint density at radius 3 is 2.19 bits per heavy atom. The number of carbonyl (C=O) groups excluding carboxylic acids is 5. The van der Waals surface area contributed by atoms with Crippen LogP contribution in [0.4, 0.5) is 26.3 Å². The first-order valence-electron chi connectivity index (χ1n) is 25.4. The summed E-state index contributed by atoms with van der Waals surface area (Å²) in [6, 6.07) is 7.27. The maximum Gasteiger partial charge on any atom is 0.395 e. The molecular formula is C53H70ClF6N7O6. The van der Waals surface area contributed by atoms with Crippen molar-refractivity contribution in [3.05, 3.63) is 59.3 Å². The van der Waals surface area contributed by atoms with E-state index in [2.05, 4.69) is 29.5 Å². The van der Waals surface area contributed by atoms with E-state index in [1.807, 2.05) is 31.2 Å². The molecule has 3 aromatic rings. The Balaban J connectivity index is 1.01. The van der Waals surface area contributed by atoms with Gasteiger partial charge in [-0.3, -0.25) is 24.0 Å². The largest absolute Gasteiger partial charge is 0.395 e. The van der Waals surface area contributed by atoms with Crippen LogP contribution in [-0.4, -0.2) is 136 Å². The molecule has 2 heterocycles. The van der Waals surface area contributed by atoms with Crippen molar-refractivity contribution in [3.63, 3.8) is 0 Å². The molecule has 4 amide bonds. The molecule has 73 heavy (non-hydrogen) atoms. The van der Waals surface area contributed by atoms with Crippen molar-refractivity contribution in [2.45, 2.75) is 160 Å². The van der Waals surface area contributed by atoms with Gasteiger partial charge in [0.25, 0.3) is 0 Å². The number of likely N-dealkylation sites (tertiary alicyclic amines) is 1. The summed E-state index contributed by atoms with van der Waals surface area (Å²) in [4.78, 5) is 74.7. The van der Waals surface area contributed by atoms with E-state index < -0.39 is 78.9 Å². The molecule has 3 aliphatic rings. The van der Waals surface area contributed by atoms with Gasteiger partial charge in [0.1, 0.15) is 35.3 Å². The number of aromatic nitrogens is 2. The fourth-order valence-electron chi connectivity index (χ4n) is 10.6. The fraction of sp³-hybridized carbons (Fsp3) is 0.642. The average Bonchev–Trinajstić information content (AvgIpc) is 3.92. The first kappa shape index (κ1) is 57.1. The number of carbonyl (C=O) groups is 5. The maximum atomic E-state index is 14.7. The highest BCUT2D eigenvalue weighted by Crippen LogP contribution is 2.62. The number of rotatable bonds is 25. The molecule has 6 rings (SSSR count). The van der Waals surface area contributed by atoms with Crippen LogP contribution in [0.15, 0.2) is 53.3 Å². The van der Waals surface area contributed by atoms with Gasteiger partial charge in [0, 0.05) is 70.9 Å². The monoisotopic (exact) mass is 1050 g/mol. The van der Waals surface area contributed by atoms with E-state index in [4.69, 9.17) is 16.2 Å². The molecule has 1 N–H and O–H groups in total. The fourth-order valence-corrected chi connectivity index (χ4v) is 10.8. The maximum absolute atomic E-state index is 14.7. The summed E-state index contributed by atoms with van der Waals surface area (Å²) < 4.78 is 88.0. The second kappa shape index (κ2) is 24.0. The molecular weight excluding hydrogens is 980 g/mol. The van der Waals surface area contributed by atoms with Crippen LogP contribution in [0.2, 0.25) is 5.02 Å². The van der Waals surface area contributed by atoms with Crippen molar-refractivity contribution in [3.8, 4) is 11.1 Å². The molecule has 2 aromatic carbocycles. The lowest BCUT2D eigenvalue weighted by Gasteiger charge is -2.47. The number of Topliss-reactive ketones (excluding diaryl/α,β-unsaturated/α-hetero) is 1. The van der Waals surface area contributed by atoms with Crippen molar-refractivity contribution in [1.82, 2.24) is 35.2 Å². The number of hydrogen-bond acceptors (Lipinski definition) is 9. The number of allylic oxidation sites excluding steroid dienone is 1. The third kappa shape index (κ3) is 14.4. The summed E-state index contributed by atoms with van der Waals surface area (Å²) in [5.41, 5.74) is 1.01. The van der Waals surface area contributed by atoms with E-state index in [0.29, 0.717) is 61.1 Å². The quantitative estimate of drug-likeness (QED) is 0.0647. The molecule has 1 saturated heterocycles. The third-order valence-corrected chi connectivity index (χ3v) is 15.1. The molecule has 13 nitrogen and oxygen atoms in total. The Labute approximate surface area is 428 Å². The van der Waals surface area contributed by atoms with Gasteiger partial charge < -0.3 is 24.9 Å². The molecule has 0 spiro atoms. The van der Waals surface area contributed by atoms with Gasteiger partial charge in [-0.1, -0.05) is 76.3 Å². The van der Waals surface area contributed by atoms with E-state index in [-0.39, 0.29) is 54.7 Å². The zero-order valence-corrected chi connectivity index (χ0v) is 43.6. The molecule has 1 aliphatic heterocycles. The average molecular weight is 1050 g/mol. The molecule has 6 atom stereocenters. The molecule has 2 aliphatic carbocycles. The highest BCUT2D eigenvalue weighted by Gasteiger charge is 2.68. The lowest BCUT2D eigenvalue weighted by molar-refractivity contribution is -0.307. The number of alkyl halides is 6. The van der Waals surface area contributed by atoms with E-state index in [1.165, 1.54) is 23.8 Å². The van der Waals surface area contributed by atoms with Crippen molar-refractivity contribution in [2.24, 2.45) is 23.2 Å². The summed E-state index contributed by atoms with van der Waals surface area (Å²) in [6.07, 6.45) is -1.77. The lowest BCUT2D eigenvalue weighted by atomic mass is 9.63. The SMILES string of the molecule is CC(=O)[C@H](CCCCCCCN(C)C(=O)[C@H](Cc1cc(Cl)ccc1-c1ccc2nonc2c1)N(C)C(=O)[C@@H](C)CC(C)C)N(C)C(=O)[C@@H](NC(=O)[C@@H]1C[C@@H](F)CN1/C=C/CC1(C(F)(F)F)CC(F)(F)C1)C1CC1. The minimum absolute atomic E-state index is 0.130. The van der Waals surface area contributed by atoms with E-state index in [9.17, 15) is 50.3 Å². The van der Waals surface area contributed by atoms with E-state index in [0.717, 1.165) is 48.2 Å². The van der Waals surface area contributed by atoms with Crippen LogP contribution in [-0.2, 0) is 30.4 Å². The highest BCUT2D eigenvalue weighted by atomic mass is 35.5. The van der Waals surface area contributed by atoms with Crippen LogP contribution in [0.25, 0.3) is 22.2 Å². The second-order valence-electron chi connectivity index (χ2n) is 21.3. The summed E-state index contributed by atoms with van der Waals surface area (Å²) in [5, 5.41) is 11.1. The minimum Gasteiger partial charge on any atom is -0.363 e. The molecule has 2 saturated carbocycles. The van der Waals surface area contributed by atoms with Gasteiger partial charge in [0.2, 0.25) is 29.6 Å². The number of likely N-dealkylation sites (N-methyl/N-ethyl adjacent to an activating group) is 3. The van der Waals surface area contributed by atoms with Crippen LogP contribution in [0.1, 0.15) is 117 Å². The predicted molar refractivity (Wildman–Crippen MR) is 265 cm³/mol. The molecule has 0 unspecified atom stereocenters. The van der Waals surface area contributed by atoms with E-state index in [1.54, 1.807) is 36.0 Å². The third-order valence-electron chi connectivity index (χ3n) is 14.9. The summed E-state index contributed by atoms with van der Waals surface area (Å²) in [6.45, 7) is 7.52. The van der Waals surface area contributed by atoms with Gasteiger partial charge in [-0.2, -0.15) is 13.2 Å².